The highest BCUT2D eigenvalue weighted by Crippen LogP contribution is 2.16. The average Bonchev–Trinajstić information content (AvgIpc) is 2.48. The van der Waals surface area contributed by atoms with E-state index >= 15 is 0 Å². The molecule has 2 aromatic rings. The standard InChI is InChI=1S/C15H14BrFN2O2/c1-19(15(20)13-3-2-4-14(17)18-13)9-10-21-12-7-5-11(16)6-8-12/h2-8H,9-10H2,1H3. The van der Waals surface area contributed by atoms with Gasteiger partial charge < -0.3 is 9.64 Å². The summed E-state index contributed by atoms with van der Waals surface area (Å²) in [6, 6.07) is 11.6. The molecule has 21 heavy (non-hydrogen) atoms. The number of pyridine rings is 1. The molecule has 0 bridgehead atoms. The van der Waals surface area contributed by atoms with Crippen LogP contribution in [0.2, 0.25) is 0 Å². The van der Waals surface area contributed by atoms with E-state index in [1.807, 2.05) is 24.3 Å². The van der Waals surface area contributed by atoms with Crippen LogP contribution in [-0.2, 0) is 0 Å². The largest absolute Gasteiger partial charge is 0.492 e. The normalized spacial score (nSPS) is 10.2. The molecule has 0 saturated carbocycles. The monoisotopic (exact) mass is 352 g/mol. The van der Waals surface area contributed by atoms with Gasteiger partial charge in [0.1, 0.15) is 18.1 Å². The number of hydrogen-bond acceptors (Lipinski definition) is 3. The number of carbonyl (C=O) groups excluding carboxylic acids is 1. The number of likely N-dealkylation sites (N-methyl/N-ethyl adjacent to an activating group) is 1. The maximum absolute atomic E-state index is 13.0. The molecule has 0 aliphatic carbocycles. The highest BCUT2D eigenvalue weighted by atomic mass is 79.9. The summed E-state index contributed by atoms with van der Waals surface area (Å²) in [5.74, 6) is -0.280. The van der Waals surface area contributed by atoms with Gasteiger partial charge in [0.25, 0.3) is 5.91 Å². The van der Waals surface area contributed by atoms with Crippen molar-refractivity contribution in [1.29, 1.82) is 0 Å². The number of aromatic nitrogens is 1. The molecular formula is C15H14BrFN2O2. The lowest BCUT2D eigenvalue weighted by Gasteiger charge is -2.17. The van der Waals surface area contributed by atoms with Gasteiger partial charge >= 0.3 is 0 Å². The van der Waals surface area contributed by atoms with Crippen LogP contribution in [0.3, 0.4) is 0 Å². The van der Waals surface area contributed by atoms with E-state index in [0.29, 0.717) is 13.2 Å². The van der Waals surface area contributed by atoms with Crippen LogP contribution in [0.15, 0.2) is 46.9 Å². The van der Waals surface area contributed by atoms with Gasteiger partial charge in [0.2, 0.25) is 5.95 Å². The summed E-state index contributed by atoms with van der Waals surface area (Å²) < 4.78 is 19.5. The summed E-state index contributed by atoms with van der Waals surface area (Å²) >= 11 is 3.34. The summed E-state index contributed by atoms with van der Waals surface area (Å²) in [7, 11) is 1.62. The zero-order valence-electron chi connectivity index (χ0n) is 11.4. The molecule has 0 saturated heterocycles. The van der Waals surface area contributed by atoms with Gasteiger partial charge in [-0.3, -0.25) is 4.79 Å². The minimum Gasteiger partial charge on any atom is -0.492 e. The molecule has 1 amide bonds. The number of nitrogens with zero attached hydrogens (tertiary/aromatic N) is 2. The zero-order chi connectivity index (χ0) is 15.2. The van der Waals surface area contributed by atoms with Crippen LogP contribution in [0, 0.1) is 5.95 Å². The number of halogens is 2. The molecule has 110 valence electrons. The molecular weight excluding hydrogens is 339 g/mol. The van der Waals surface area contributed by atoms with Crippen LogP contribution in [0.4, 0.5) is 4.39 Å². The summed E-state index contributed by atoms with van der Waals surface area (Å²) in [4.78, 5) is 17.0. The second kappa shape index (κ2) is 7.17. The minimum absolute atomic E-state index is 0.0844. The van der Waals surface area contributed by atoms with Gasteiger partial charge in [-0.25, -0.2) is 4.98 Å². The predicted octanol–water partition coefficient (Wildman–Crippen LogP) is 3.13. The number of hydrogen-bond donors (Lipinski definition) is 0. The van der Waals surface area contributed by atoms with Gasteiger partial charge in [-0.05, 0) is 36.4 Å². The molecule has 6 heteroatoms. The first-order valence-corrected chi connectivity index (χ1v) is 7.12. The Hall–Kier alpha value is -1.95. The first-order chi connectivity index (χ1) is 10.1. The SMILES string of the molecule is CN(CCOc1ccc(Br)cc1)C(=O)c1cccc(F)n1. The van der Waals surface area contributed by atoms with E-state index in [4.69, 9.17) is 4.74 Å². The van der Waals surface area contributed by atoms with Gasteiger partial charge in [-0.2, -0.15) is 4.39 Å². The smallest absolute Gasteiger partial charge is 0.272 e. The summed E-state index contributed by atoms with van der Waals surface area (Å²) in [5, 5.41) is 0. The lowest BCUT2D eigenvalue weighted by Crippen LogP contribution is -2.31. The van der Waals surface area contributed by atoms with E-state index in [2.05, 4.69) is 20.9 Å². The first-order valence-electron chi connectivity index (χ1n) is 6.32. The highest BCUT2D eigenvalue weighted by Gasteiger charge is 2.13. The molecule has 0 N–H and O–H groups in total. The Morgan fingerprint density at radius 3 is 2.67 bits per heavy atom. The van der Waals surface area contributed by atoms with Crippen molar-refractivity contribution in [2.45, 2.75) is 0 Å². The molecule has 0 unspecified atom stereocenters. The molecule has 1 heterocycles. The second-order valence-corrected chi connectivity index (χ2v) is 5.29. The number of rotatable bonds is 5. The third kappa shape index (κ3) is 4.53. The predicted molar refractivity (Wildman–Crippen MR) is 80.8 cm³/mol. The quantitative estimate of drug-likeness (QED) is 0.776. The second-order valence-electron chi connectivity index (χ2n) is 4.37. The molecule has 0 atom stereocenters. The van der Waals surface area contributed by atoms with Crippen LogP contribution in [0.25, 0.3) is 0 Å². The molecule has 0 fully saturated rings. The Kier molecular flexibility index (Phi) is 5.27. The van der Waals surface area contributed by atoms with Gasteiger partial charge in [0.15, 0.2) is 0 Å². The van der Waals surface area contributed by atoms with Crippen molar-refractivity contribution in [2.75, 3.05) is 20.2 Å². The van der Waals surface area contributed by atoms with Crippen molar-refractivity contribution in [2.24, 2.45) is 0 Å². The van der Waals surface area contributed by atoms with Gasteiger partial charge in [-0.1, -0.05) is 22.0 Å². The van der Waals surface area contributed by atoms with E-state index in [0.717, 1.165) is 10.2 Å². The van der Waals surface area contributed by atoms with Crippen LogP contribution in [0.1, 0.15) is 10.5 Å². The van der Waals surface area contributed by atoms with Crippen molar-refractivity contribution in [3.8, 4) is 5.75 Å². The van der Waals surface area contributed by atoms with E-state index < -0.39 is 5.95 Å². The van der Waals surface area contributed by atoms with E-state index in [9.17, 15) is 9.18 Å². The highest BCUT2D eigenvalue weighted by molar-refractivity contribution is 9.10. The Morgan fingerprint density at radius 2 is 2.00 bits per heavy atom. The summed E-state index contributed by atoms with van der Waals surface area (Å²) in [5.41, 5.74) is 0.0844. The molecule has 1 aromatic heterocycles. The molecule has 0 spiro atoms. The van der Waals surface area contributed by atoms with Crippen molar-refractivity contribution >= 4 is 21.8 Å². The Labute approximate surface area is 130 Å². The Balaban J connectivity index is 1.85. The van der Waals surface area contributed by atoms with Crippen LogP contribution in [-0.4, -0.2) is 36.0 Å². The number of ether oxygens (including phenoxy) is 1. The Morgan fingerprint density at radius 1 is 1.29 bits per heavy atom. The van der Waals surface area contributed by atoms with Crippen molar-refractivity contribution in [3.63, 3.8) is 0 Å². The van der Waals surface area contributed by atoms with Gasteiger partial charge in [-0.15, -0.1) is 0 Å². The third-order valence-corrected chi connectivity index (χ3v) is 3.32. The lowest BCUT2D eigenvalue weighted by molar-refractivity contribution is 0.0766. The van der Waals surface area contributed by atoms with E-state index in [-0.39, 0.29) is 11.6 Å². The number of benzene rings is 1. The maximum Gasteiger partial charge on any atom is 0.272 e. The Bertz CT molecular complexity index is 619. The van der Waals surface area contributed by atoms with E-state index in [1.54, 1.807) is 7.05 Å². The van der Waals surface area contributed by atoms with Crippen molar-refractivity contribution in [1.82, 2.24) is 9.88 Å². The molecule has 4 nitrogen and oxygen atoms in total. The molecule has 1 aromatic carbocycles. The molecule has 0 aliphatic rings. The summed E-state index contributed by atoms with van der Waals surface area (Å²) in [6.45, 7) is 0.728. The van der Waals surface area contributed by atoms with Gasteiger partial charge in [0, 0.05) is 11.5 Å². The van der Waals surface area contributed by atoms with Crippen LogP contribution >= 0.6 is 15.9 Å². The third-order valence-electron chi connectivity index (χ3n) is 2.79. The fourth-order valence-corrected chi connectivity index (χ4v) is 1.92. The van der Waals surface area contributed by atoms with Crippen LogP contribution in [0.5, 0.6) is 5.75 Å². The van der Waals surface area contributed by atoms with Crippen molar-refractivity contribution < 1.29 is 13.9 Å². The average molecular weight is 353 g/mol. The fourth-order valence-electron chi connectivity index (χ4n) is 1.66. The number of carbonyl (C=O) groups is 1. The zero-order valence-corrected chi connectivity index (χ0v) is 13.0. The summed E-state index contributed by atoms with van der Waals surface area (Å²) in [6.07, 6.45) is 0. The fraction of sp³-hybridized carbons (Fsp3) is 0.200. The molecule has 0 radical (unpaired) electrons. The lowest BCUT2D eigenvalue weighted by atomic mass is 10.3. The molecule has 0 aliphatic heterocycles. The minimum atomic E-state index is -0.666. The van der Waals surface area contributed by atoms with Crippen LogP contribution < -0.4 is 4.74 Å². The maximum atomic E-state index is 13.0. The topological polar surface area (TPSA) is 42.4 Å². The number of amides is 1. The molecule has 2 rings (SSSR count). The van der Waals surface area contributed by atoms with Gasteiger partial charge in [0.05, 0.1) is 6.54 Å². The first kappa shape index (κ1) is 15.4. The van der Waals surface area contributed by atoms with Crippen molar-refractivity contribution in [3.05, 3.63) is 58.6 Å². The van der Waals surface area contributed by atoms with E-state index in [1.165, 1.54) is 23.1 Å².